The van der Waals surface area contributed by atoms with E-state index in [2.05, 4.69) is 0 Å². The van der Waals surface area contributed by atoms with E-state index in [1.807, 2.05) is 32.9 Å². The van der Waals surface area contributed by atoms with E-state index >= 15 is 0 Å². The number of aliphatic hydroxyl groups is 1. The average Bonchev–Trinajstić information content (AvgIpc) is 2.15. The van der Waals surface area contributed by atoms with Gasteiger partial charge in [-0.15, -0.1) is 12.4 Å². The van der Waals surface area contributed by atoms with Crippen LogP contribution in [0.15, 0.2) is 18.2 Å². The first-order valence-electron chi connectivity index (χ1n) is 5.13. The highest BCUT2D eigenvalue weighted by atomic mass is 35.5. The number of aliphatic hydroxyl groups excluding tert-OH is 1. The molecule has 3 N–H and O–H groups in total. The lowest BCUT2D eigenvalue weighted by atomic mass is 9.92. The van der Waals surface area contributed by atoms with Crippen LogP contribution in [0.5, 0.6) is 0 Å². The molecule has 0 aliphatic heterocycles. The van der Waals surface area contributed by atoms with Crippen LogP contribution in [0.1, 0.15) is 31.0 Å². The first-order chi connectivity index (χ1) is 6.93. The number of halogens is 2. The van der Waals surface area contributed by atoms with E-state index in [0.717, 1.165) is 11.1 Å². The molecule has 0 unspecified atom stereocenters. The predicted molar refractivity (Wildman–Crippen MR) is 71.2 cm³/mol. The number of benzene rings is 1. The van der Waals surface area contributed by atoms with Crippen molar-refractivity contribution in [1.29, 1.82) is 0 Å². The molecule has 1 aromatic carbocycles. The Labute approximate surface area is 108 Å². The van der Waals surface area contributed by atoms with E-state index in [1.54, 1.807) is 6.07 Å². The largest absolute Gasteiger partial charge is 0.391 e. The molecule has 0 aliphatic carbocycles. The lowest BCUT2D eigenvalue weighted by Crippen LogP contribution is -2.31. The molecule has 16 heavy (non-hydrogen) atoms. The van der Waals surface area contributed by atoms with E-state index in [9.17, 15) is 5.11 Å². The van der Waals surface area contributed by atoms with Crippen LogP contribution in [0.3, 0.4) is 0 Å². The summed E-state index contributed by atoms with van der Waals surface area (Å²) < 4.78 is 0. The first-order valence-corrected chi connectivity index (χ1v) is 5.51. The molecule has 0 heterocycles. The number of aryl methyl sites for hydroxylation is 1. The van der Waals surface area contributed by atoms with Crippen molar-refractivity contribution in [3.63, 3.8) is 0 Å². The third-order valence-electron chi connectivity index (χ3n) is 2.64. The van der Waals surface area contributed by atoms with E-state index in [4.69, 9.17) is 17.3 Å². The molecule has 0 bridgehead atoms. The van der Waals surface area contributed by atoms with Crippen LogP contribution in [-0.2, 0) is 0 Å². The van der Waals surface area contributed by atoms with E-state index in [1.165, 1.54) is 0 Å². The summed E-state index contributed by atoms with van der Waals surface area (Å²) >= 11 is 5.86. The smallest absolute Gasteiger partial charge is 0.0755 e. The minimum atomic E-state index is -0.523. The number of nitrogens with two attached hydrogens (primary N) is 1. The second kappa shape index (κ2) is 6.45. The normalized spacial score (nSPS) is 14.4. The Hall–Kier alpha value is -0.280. The van der Waals surface area contributed by atoms with Gasteiger partial charge in [-0.3, -0.25) is 0 Å². The zero-order valence-corrected chi connectivity index (χ0v) is 11.3. The molecule has 0 amide bonds. The molecule has 0 saturated carbocycles. The summed E-state index contributed by atoms with van der Waals surface area (Å²) in [5, 5.41) is 10.6. The highest BCUT2D eigenvalue weighted by molar-refractivity contribution is 6.30. The fourth-order valence-corrected chi connectivity index (χ4v) is 1.84. The van der Waals surface area contributed by atoms with Crippen LogP contribution in [0.25, 0.3) is 0 Å². The Morgan fingerprint density at radius 2 is 1.88 bits per heavy atom. The molecule has 0 spiro atoms. The van der Waals surface area contributed by atoms with Crippen LogP contribution in [0, 0.1) is 12.8 Å². The van der Waals surface area contributed by atoms with E-state index in [0.29, 0.717) is 5.02 Å². The summed E-state index contributed by atoms with van der Waals surface area (Å²) in [6, 6.07) is 5.20. The van der Waals surface area contributed by atoms with Crippen LogP contribution < -0.4 is 5.73 Å². The Morgan fingerprint density at radius 3 is 2.31 bits per heavy atom. The van der Waals surface area contributed by atoms with Crippen molar-refractivity contribution in [3.05, 3.63) is 34.3 Å². The summed E-state index contributed by atoms with van der Waals surface area (Å²) in [5.74, 6) is 0.148. The fraction of sp³-hybridized carbons (Fsp3) is 0.500. The third-order valence-corrected chi connectivity index (χ3v) is 2.88. The predicted octanol–water partition coefficient (Wildman–Crippen LogP) is 3.09. The van der Waals surface area contributed by atoms with Crippen LogP contribution in [-0.4, -0.2) is 11.2 Å². The molecule has 0 aliphatic rings. The van der Waals surface area contributed by atoms with Crippen LogP contribution in [0.4, 0.5) is 0 Å². The monoisotopic (exact) mass is 263 g/mol. The lowest BCUT2D eigenvalue weighted by Gasteiger charge is -2.23. The second-order valence-corrected chi connectivity index (χ2v) is 4.70. The highest BCUT2D eigenvalue weighted by Crippen LogP contribution is 2.24. The molecule has 1 rings (SSSR count). The maximum Gasteiger partial charge on any atom is 0.0755 e. The topological polar surface area (TPSA) is 46.2 Å². The summed E-state index contributed by atoms with van der Waals surface area (Å²) in [6.45, 7) is 5.86. The van der Waals surface area contributed by atoms with Crippen molar-refractivity contribution >= 4 is 24.0 Å². The molecule has 0 radical (unpaired) electrons. The maximum atomic E-state index is 9.88. The molecule has 1 aromatic rings. The standard InChI is InChI=1S/C12H18ClNO.ClH/c1-7(2)12(15)11(14)10-5-4-9(13)6-8(10)3;/h4-7,11-12,15H,14H2,1-3H3;1H/t11-,12+;/m0./s1. The highest BCUT2D eigenvalue weighted by Gasteiger charge is 2.21. The summed E-state index contributed by atoms with van der Waals surface area (Å²) in [5.41, 5.74) is 7.98. The van der Waals surface area contributed by atoms with Gasteiger partial charge in [0, 0.05) is 5.02 Å². The summed E-state index contributed by atoms with van der Waals surface area (Å²) in [4.78, 5) is 0. The third kappa shape index (κ3) is 3.63. The molecular weight excluding hydrogens is 245 g/mol. The number of hydrogen-bond acceptors (Lipinski definition) is 2. The van der Waals surface area contributed by atoms with Crippen molar-refractivity contribution in [2.24, 2.45) is 11.7 Å². The van der Waals surface area contributed by atoms with Crippen molar-refractivity contribution < 1.29 is 5.11 Å². The number of rotatable bonds is 3. The van der Waals surface area contributed by atoms with Gasteiger partial charge >= 0.3 is 0 Å². The van der Waals surface area contributed by atoms with Gasteiger partial charge < -0.3 is 10.8 Å². The van der Waals surface area contributed by atoms with Gasteiger partial charge in [-0.05, 0) is 36.1 Å². The molecular formula is C12H19Cl2NO. The van der Waals surface area contributed by atoms with Crippen molar-refractivity contribution in [3.8, 4) is 0 Å². The van der Waals surface area contributed by atoms with Crippen molar-refractivity contribution in [2.75, 3.05) is 0 Å². The quantitative estimate of drug-likeness (QED) is 0.881. The van der Waals surface area contributed by atoms with Gasteiger partial charge in [0.15, 0.2) is 0 Å². The lowest BCUT2D eigenvalue weighted by molar-refractivity contribution is 0.0977. The van der Waals surface area contributed by atoms with E-state index in [-0.39, 0.29) is 24.4 Å². The van der Waals surface area contributed by atoms with E-state index < -0.39 is 6.10 Å². The SMILES string of the molecule is Cc1cc(Cl)ccc1[C@H](N)[C@H](O)C(C)C.Cl. The van der Waals surface area contributed by atoms with Gasteiger partial charge in [-0.25, -0.2) is 0 Å². The van der Waals surface area contributed by atoms with Gasteiger partial charge in [-0.1, -0.05) is 31.5 Å². The van der Waals surface area contributed by atoms with Gasteiger partial charge in [0.05, 0.1) is 12.1 Å². The average molecular weight is 264 g/mol. The summed E-state index contributed by atoms with van der Waals surface area (Å²) in [6.07, 6.45) is -0.523. The zero-order chi connectivity index (χ0) is 11.6. The molecule has 0 fully saturated rings. The Morgan fingerprint density at radius 1 is 1.31 bits per heavy atom. The maximum absolute atomic E-state index is 9.88. The fourth-order valence-electron chi connectivity index (χ4n) is 1.61. The van der Waals surface area contributed by atoms with Gasteiger partial charge in [-0.2, -0.15) is 0 Å². The Bertz CT molecular complexity index is 342. The molecule has 0 aromatic heterocycles. The van der Waals surface area contributed by atoms with Crippen molar-refractivity contribution in [1.82, 2.24) is 0 Å². The first kappa shape index (κ1) is 15.7. The Kier molecular flexibility index (Phi) is 6.34. The molecule has 2 atom stereocenters. The Balaban J connectivity index is 0.00000225. The van der Waals surface area contributed by atoms with Crippen LogP contribution >= 0.6 is 24.0 Å². The second-order valence-electron chi connectivity index (χ2n) is 4.26. The summed E-state index contributed by atoms with van der Waals surface area (Å²) in [7, 11) is 0. The minimum Gasteiger partial charge on any atom is -0.391 e. The molecule has 4 heteroatoms. The number of hydrogen-bond donors (Lipinski definition) is 2. The zero-order valence-electron chi connectivity index (χ0n) is 9.77. The van der Waals surface area contributed by atoms with Gasteiger partial charge in [0.1, 0.15) is 0 Å². The van der Waals surface area contributed by atoms with Gasteiger partial charge in [0.2, 0.25) is 0 Å². The molecule has 92 valence electrons. The minimum absolute atomic E-state index is 0. The van der Waals surface area contributed by atoms with Crippen LogP contribution in [0.2, 0.25) is 5.02 Å². The molecule has 2 nitrogen and oxygen atoms in total. The molecule has 0 saturated heterocycles. The van der Waals surface area contributed by atoms with Gasteiger partial charge in [0.25, 0.3) is 0 Å². The van der Waals surface area contributed by atoms with Crippen molar-refractivity contribution in [2.45, 2.75) is 32.9 Å².